The lowest BCUT2D eigenvalue weighted by atomic mass is 10.0. The maximum atomic E-state index is 5.14. The minimum Gasteiger partial charge on any atom is -0.481 e. The summed E-state index contributed by atoms with van der Waals surface area (Å²) in [5, 5.41) is 6.71. The molecule has 1 heterocycles. The molecule has 24 heavy (non-hydrogen) atoms. The molecule has 1 aromatic rings. The van der Waals surface area contributed by atoms with E-state index in [1.54, 1.807) is 20.4 Å². The highest BCUT2D eigenvalue weighted by atomic mass is 127. The van der Waals surface area contributed by atoms with Gasteiger partial charge in [0.2, 0.25) is 5.88 Å². The van der Waals surface area contributed by atoms with Crippen molar-refractivity contribution in [1.82, 2.24) is 15.6 Å². The van der Waals surface area contributed by atoms with E-state index in [0.29, 0.717) is 12.4 Å². The standard InChI is InChI=1S/C18H30N4O.HI/c1-19-18(21-11-6-5-9-15-7-3-4-8-15)22-14-16-10-12-20-17(13-16)23-2;/h10,12-13,15H,3-9,11,14H2,1-2H3,(H2,19,21,22);1H. The molecule has 2 rings (SSSR count). The predicted octanol–water partition coefficient (Wildman–Crippen LogP) is 3.73. The Bertz CT molecular complexity index is 490. The largest absolute Gasteiger partial charge is 0.481 e. The summed E-state index contributed by atoms with van der Waals surface area (Å²) in [6.45, 7) is 1.69. The van der Waals surface area contributed by atoms with Crippen LogP contribution >= 0.6 is 24.0 Å². The highest BCUT2D eigenvalue weighted by molar-refractivity contribution is 14.0. The van der Waals surface area contributed by atoms with Gasteiger partial charge in [0, 0.05) is 32.4 Å². The second-order valence-electron chi connectivity index (χ2n) is 6.21. The van der Waals surface area contributed by atoms with E-state index in [2.05, 4.69) is 20.6 Å². The third-order valence-electron chi connectivity index (χ3n) is 4.50. The SMILES string of the molecule is CN=C(NCCCCC1CCCC1)NCc1ccnc(OC)c1.I. The van der Waals surface area contributed by atoms with Gasteiger partial charge in [0.05, 0.1) is 7.11 Å². The van der Waals surface area contributed by atoms with Crippen LogP contribution in [0.3, 0.4) is 0 Å². The number of nitrogens with one attached hydrogen (secondary N) is 2. The van der Waals surface area contributed by atoms with Gasteiger partial charge in [-0.25, -0.2) is 4.98 Å². The van der Waals surface area contributed by atoms with Crippen LogP contribution in [0.25, 0.3) is 0 Å². The zero-order chi connectivity index (χ0) is 16.3. The summed E-state index contributed by atoms with van der Waals surface area (Å²) in [4.78, 5) is 8.38. The highest BCUT2D eigenvalue weighted by Gasteiger charge is 2.13. The summed E-state index contributed by atoms with van der Waals surface area (Å²) in [6.07, 6.45) is 11.5. The van der Waals surface area contributed by atoms with Crippen molar-refractivity contribution in [2.24, 2.45) is 10.9 Å². The van der Waals surface area contributed by atoms with E-state index in [4.69, 9.17) is 4.74 Å². The van der Waals surface area contributed by atoms with Gasteiger partial charge >= 0.3 is 0 Å². The van der Waals surface area contributed by atoms with Crippen LogP contribution < -0.4 is 15.4 Å². The first-order valence-electron chi connectivity index (χ1n) is 8.75. The number of aliphatic imine (C=N–C) groups is 1. The molecule has 0 saturated heterocycles. The fourth-order valence-electron chi connectivity index (χ4n) is 3.14. The maximum Gasteiger partial charge on any atom is 0.213 e. The van der Waals surface area contributed by atoms with E-state index in [0.717, 1.165) is 24.0 Å². The van der Waals surface area contributed by atoms with Gasteiger partial charge in [-0.15, -0.1) is 24.0 Å². The summed E-state index contributed by atoms with van der Waals surface area (Å²) >= 11 is 0. The number of ether oxygens (including phenoxy) is 1. The lowest BCUT2D eigenvalue weighted by molar-refractivity contribution is 0.397. The van der Waals surface area contributed by atoms with Crippen molar-refractivity contribution in [3.8, 4) is 5.88 Å². The molecule has 0 bridgehead atoms. The van der Waals surface area contributed by atoms with Crippen LogP contribution in [0, 0.1) is 5.92 Å². The number of pyridine rings is 1. The quantitative estimate of drug-likeness (QED) is 0.277. The fraction of sp³-hybridized carbons (Fsp3) is 0.667. The minimum absolute atomic E-state index is 0. The summed E-state index contributed by atoms with van der Waals surface area (Å²) in [5.74, 6) is 2.48. The Morgan fingerprint density at radius 1 is 1.29 bits per heavy atom. The molecule has 5 nitrogen and oxygen atoms in total. The maximum absolute atomic E-state index is 5.14. The Kier molecular flexibility index (Phi) is 10.8. The molecule has 0 spiro atoms. The second kappa shape index (κ2) is 12.3. The first-order valence-corrected chi connectivity index (χ1v) is 8.75. The molecule has 1 aromatic heterocycles. The lowest BCUT2D eigenvalue weighted by Crippen LogP contribution is -2.37. The van der Waals surface area contributed by atoms with Crippen LogP contribution in [0.15, 0.2) is 23.3 Å². The summed E-state index contributed by atoms with van der Waals surface area (Å²) in [7, 11) is 3.44. The fourth-order valence-corrected chi connectivity index (χ4v) is 3.14. The molecule has 0 amide bonds. The number of halogens is 1. The number of aromatic nitrogens is 1. The minimum atomic E-state index is 0. The van der Waals surface area contributed by atoms with Crippen molar-refractivity contribution in [1.29, 1.82) is 0 Å². The predicted molar refractivity (Wildman–Crippen MR) is 110 cm³/mol. The lowest BCUT2D eigenvalue weighted by Gasteiger charge is -2.13. The average Bonchev–Trinajstić information content (AvgIpc) is 3.11. The molecule has 0 aliphatic heterocycles. The molecule has 0 atom stereocenters. The Hall–Kier alpha value is -1.05. The van der Waals surface area contributed by atoms with E-state index in [1.807, 2.05) is 12.1 Å². The van der Waals surface area contributed by atoms with Crippen LogP contribution in [0.1, 0.15) is 50.5 Å². The van der Waals surface area contributed by atoms with Crippen molar-refractivity contribution in [2.75, 3.05) is 20.7 Å². The number of unbranched alkanes of at least 4 members (excludes halogenated alkanes) is 1. The highest BCUT2D eigenvalue weighted by Crippen LogP contribution is 2.28. The van der Waals surface area contributed by atoms with Gasteiger partial charge in [-0.2, -0.15) is 0 Å². The number of hydrogen-bond acceptors (Lipinski definition) is 3. The number of nitrogens with zero attached hydrogens (tertiary/aromatic N) is 2. The van der Waals surface area contributed by atoms with E-state index >= 15 is 0 Å². The van der Waals surface area contributed by atoms with Crippen molar-refractivity contribution >= 4 is 29.9 Å². The van der Waals surface area contributed by atoms with Gasteiger partial charge in [0.25, 0.3) is 0 Å². The third kappa shape index (κ3) is 7.68. The molecule has 1 aliphatic carbocycles. The van der Waals surface area contributed by atoms with Crippen LogP contribution in [0.5, 0.6) is 5.88 Å². The third-order valence-corrected chi connectivity index (χ3v) is 4.50. The van der Waals surface area contributed by atoms with Crippen LogP contribution in [0.2, 0.25) is 0 Å². The summed E-state index contributed by atoms with van der Waals surface area (Å²) < 4.78 is 5.14. The average molecular weight is 446 g/mol. The van der Waals surface area contributed by atoms with E-state index in [-0.39, 0.29) is 24.0 Å². The molecule has 1 aliphatic rings. The Labute approximate surface area is 163 Å². The van der Waals surface area contributed by atoms with Gasteiger partial charge in [-0.05, 0) is 24.0 Å². The molecule has 1 fully saturated rings. The first kappa shape index (κ1) is 21.0. The number of guanidine groups is 1. The van der Waals surface area contributed by atoms with Gasteiger partial charge in [0.15, 0.2) is 5.96 Å². The van der Waals surface area contributed by atoms with Gasteiger partial charge in [0.1, 0.15) is 0 Å². The topological polar surface area (TPSA) is 58.5 Å². The van der Waals surface area contributed by atoms with Crippen LogP contribution in [0.4, 0.5) is 0 Å². The first-order chi connectivity index (χ1) is 11.3. The van der Waals surface area contributed by atoms with Crippen LogP contribution in [-0.2, 0) is 6.54 Å². The summed E-state index contributed by atoms with van der Waals surface area (Å²) in [5.41, 5.74) is 1.13. The molecule has 6 heteroatoms. The molecule has 136 valence electrons. The molecule has 0 radical (unpaired) electrons. The molecule has 1 saturated carbocycles. The van der Waals surface area contributed by atoms with Gasteiger partial charge in [-0.1, -0.05) is 38.5 Å². The van der Waals surface area contributed by atoms with E-state index < -0.39 is 0 Å². The number of rotatable bonds is 8. The zero-order valence-electron chi connectivity index (χ0n) is 14.9. The Morgan fingerprint density at radius 3 is 2.79 bits per heavy atom. The molecular formula is C18H31IN4O. The van der Waals surface area contributed by atoms with Crippen molar-refractivity contribution in [3.63, 3.8) is 0 Å². The molecule has 0 aromatic carbocycles. The normalized spacial score (nSPS) is 15.0. The smallest absolute Gasteiger partial charge is 0.213 e. The molecule has 2 N–H and O–H groups in total. The number of methoxy groups -OCH3 is 1. The van der Waals surface area contributed by atoms with Gasteiger partial charge in [-0.3, -0.25) is 4.99 Å². The summed E-state index contributed by atoms with van der Waals surface area (Å²) in [6, 6.07) is 3.91. The van der Waals surface area contributed by atoms with E-state index in [1.165, 1.54) is 44.9 Å². The van der Waals surface area contributed by atoms with Crippen molar-refractivity contribution in [2.45, 2.75) is 51.5 Å². The Morgan fingerprint density at radius 2 is 2.08 bits per heavy atom. The van der Waals surface area contributed by atoms with Gasteiger partial charge < -0.3 is 15.4 Å². The van der Waals surface area contributed by atoms with E-state index in [9.17, 15) is 0 Å². The van der Waals surface area contributed by atoms with Crippen LogP contribution in [-0.4, -0.2) is 31.6 Å². The van der Waals surface area contributed by atoms with Crippen molar-refractivity contribution < 1.29 is 4.74 Å². The molecular weight excluding hydrogens is 415 g/mol. The number of hydrogen-bond donors (Lipinski definition) is 2. The monoisotopic (exact) mass is 446 g/mol. The Balaban J connectivity index is 0.00000288. The molecule has 0 unspecified atom stereocenters. The second-order valence-corrected chi connectivity index (χ2v) is 6.21. The zero-order valence-corrected chi connectivity index (χ0v) is 17.2. The van der Waals surface area contributed by atoms with Crippen molar-refractivity contribution in [3.05, 3.63) is 23.9 Å².